The predicted molar refractivity (Wildman–Crippen MR) is 132 cm³/mol. The summed E-state index contributed by atoms with van der Waals surface area (Å²) in [5.74, 6) is 1.63. The van der Waals surface area contributed by atoms with Gasteiger partial charge in [-0.3, -0.25) is 0 Å². The van der Waals surface area contributed by atoms with Gasteiger partial charge in [0.25, 0.3) is 0 Å². The molecule has 1 spiro atoms. The van der Waals surface area contributed by atoms with Crippen molar-refractivity contribution in [3.05, 3.63) is 119 Å². The van der Waals surface area contributed by atoms with Gasteiger partial charge in [-0.15, -0.1) is 0 Å². The van der Waals surface area contributed by atoms with E-state index in [1.54, 1.807) is 0 Å². The summed E-state index contributed by atoms with van der Waals surface area (Å²) in [6.45, 7) is 4.51. The van der Waals surface area contributed by atoms with E-state index in [9.17, 15) is 0 Å². The van der Waals surface area contributed by atoms with E-state index in [2.05, 4.69) is 96.1 Å². The van der Waals surface area contributed by atoms with Crippen molar-refractivity contribution in [2.75, 3.05) is 0 Å². The Morgan fingerprint density at radius 3 is 2.18 bits per heavy atom. The van der Waals surface area contributed by atoms with Crippen LogP contribution in [0.5, 0.6) is 11.5 Å². The fraction of sp³-hybridized carbons (Fsp3) is 0.133. The third-order valence-corrected chi connectivity index (χ3v) is 7.14. The molecule has 4 nitrogen and oxygen atoms in total. The number of para-hydroxylation sites is 3. The molecule has 0 radical (unpaired) electrons. The lowest BCUT2D eigenvalue weighted by Gasteiger charge is -2.32. The van der Waals surface area contributed by atoms with Gasteiger partial charge in [0.05, 0.1) is 11.1 Å². The Labute approximate surface area is 198 Å². The summed E-state index contributed by atoms with van der Waals surface area (Å²) in [5, 5.41) is 0. The number of hydrogen-bond donors (Lipinski definition) is 0. The van der Waals surface area contributed by atoms with Crippen molar-refractivity contribution in [3.63, 3.8) is 0 Å². The number of ether oxygens (including phenoxy) is 2. The molecule has 4 aromatic carbocycles. The van der Waals surface area contributed by atoms with E-state index in [4.69, 9.17) is 9.47 Å². The molecule has 0 aliphatic carbocycles. The molecule has 0 amide bonds. The molecule has 4 heteroatoms. The molecular formula is C30H24N2O2+2. The second kappa shape index (κ2) is 6.67. The Bertz CT molecular complexity index is 1530. The number of nitrogens with zero attached hydrogens (tertiary/aromatic N) is 2. The highest BCUT2D eigenvalue weighted by Gasteiger charge is 2.67. The summed E-state index contributed by atoms with van der Waals surface area (Å²) < 4.78 is 18.1. The first-order valence-electron chi connectivity index (χ1n) is 11.6. The Morgan fingerprint density at radius 1 is 0.618 bits per heavy atom. The van der Waals surface area contributed by atoms with Crippen LogP contribution in [0.3, 0.4) is 0 Å². The van der Waals surface area contributed by atoms with Crippen LogP contribution >= 0.6 is 0 Å². The van der Waals surface area contributed by atoms with Crippen molar-refractivity contribution in [2.24, 2.45) is 0 Å². The van der Waals surface area contributed by atoms with Crippen molar-refractivity contribution in [3.8, 4) is 11.5 Å². The number of hydrogen-bond acceptors (Lipinski definition) is 2. The van der Waals surface area contributed by atoms with Crippen molar-refractivity contribution in [1.82, 2.24) is 0 Å². The maximum atomic E-state index is 7.06. The maximum absolute atomic E-state index is 7.06. The summed E-state index contributed by atoms with van der Waals surface area (Å²) >= 11 is 0. The maximum Gasteiger partial charge on any atom is 0.714 e. The Balaban J connectivity index is 1.64. The molecule has 1 atom stereocenters. The van der Waals surface area contributed by atoms with Gasteiger partial charge in [-0.2, -0.15) is 0 Å². The van der Waals surface area contributed by atoms with Crippen LogP contribution < -0.4 is 9.47 Å². The monoisotopic (exact) mass is 444 g/mol. The smallest absolute Gasteiger partial charge is 0.340 e. The second-order valence-corrected chi connectivity index (χ2v) is 9.52. The molecule has 3 aliphatic rings. The molecule has 0 saturated heterocycles. The van der Waals surface area contributed by atoms with Crippen LogP contribution in [-0.2, 0) is 5.41 Å². The molecule has 3 heterocycles. The topological polar surface area (TPSA) is 24.5 Å². The number of benzene rings is 4. The highest BCUT2D eigenvalue weighted by Crippen LogP contribution is 2.47. The Kier molecular flexibility index (Phi) is 3.79. The second-order valence-electron chi connectivity index (χ2n) is 9.52. The molecule has 3 aliphatic heterocycles. The molecule has 34 heavy (non-hydrogen) atoms. The quantitative estimate of drug-likeness (QED) is 0.339. The first-order valence-corrected chi connectivity index (χ1v) is 11.6. The molecule has 7 rings (SSSR count). The predicted octanol–water partition coefficient (Wildman–Crippen LogP) is 5.95. The number of rotatable bonds is 1. The summed E-state index contributed by atoms with van der Waals surface area (Å²) in [4.78, 5) is 0. The number of fused-ring (bicyclic) bond motifs is 4. The van der Waals surface area contributed by atoms with Crippen molar-refractivity contribution in [1.29, 1.82) is 0 Å². The minimum Gasteiger partial charge on any atom is -0.340 e. The fourth-order valence-corrected chi connectivity index (χ4v) is 5.26. The SMILES string of the molecule is CC1(C)c2cccc(c2)[N+]2=Cc3ccccc3O[C@]23Oc2c(cccc21)C=[N+]3c1ccccc1. The van der Waals surface area contributed by atoms with Gasteiger partial charge in [-0.1, -0.05) is 77.6 Å². The van der Waals surface area contributed by atoms with E-state index < -0.39 is 6.03 Å². The van der Waals surface area contributed by atoms with Crippen LogP contribution in [-0.4, -0.2) is 27.6 Å². The Hall–Kier alpha value is -4.18. The molecule has 164 valence electrons. The molecule has 0 N–H and O–H groups in total. The van der Waals surface area contributed by atoms with Crippen LogP contribution in [0, 0.1) is 0 Å². The normalized spacial score (nSPS) is 20.6. The van der Waals surface area contributed by atoms with Crippen LogP contribution in [0.4, 0.5) is 11.4 Å². The van der Waals surface area contributed by atoms with E-state index >= 15 is 0 Å². The summed E-state index contributed by atoms with van der Waals surface area (Å²) in [6.07, 6.45) is 4.28. The fourth-order valence-electron chi connectivity index (χ4n) is 5.26. The average Bonchev–Trinajstić information content (AvgIpc) is 2.89. The van der Waals surface area contributed by atoms with Crippen molar-refractivity contribution in [2.45, 2.75) is 25.3 Å². The molecule has 4 aromatic rings. The zero-order chi connectivity index (χ0) is 22.9. The van der Waals surface area contributed by atoms with Gasteiger partial charge in [0.1, 0.15) is 0 Å². The summed E-state index contributed by atoms with van der Waals surface area (Å²) in [7, 11) is 0. The molecule has 0 unspecified atom stereocenters. The largest absolute Gasteiger partial charge is 0.714 e. The molecule has 0 aromatic heterocycles. The minimum atomic E-state index is -1.27. The van der Waals surface area contributed by atoms with Gasteiger partial charge in [0.15, 0.2) is 23.9 Å². The van der Waals surface area contributed by atoms with Gasteiger partial charge in [0.2, 0.25) is 11.4 Å². The molecule has 0 fully saturated rings. The molecular weight excluding hydrogens is 420 g/mol. The van der Waals surface area contributed by atoms with Crippen LogP contribution in [0.1, 0.15) is 36.1 Å². The minimum absolute atomic E-state index is 0.257. The third-order valence-electron chi connectivity index (χ3n) is 7.14. The third kappa shape index (κ3) is 2.54. The average molecular weight is 445 g/mol. The van der Waals surface area contributed by atoms with Crippen LogP contribution in [0.2, 0.25) is 0 Å². The van der Waals surface area contributed by atoms with E-state index in [-0.39, 0.29) is 5.41 Å². The highest BCUT2D eigenvalue weighted by molar-refractivity contribution is 5.84. The van der Waals surface area contributed by atoms with Gasteiger partial charge in [-0.25, -0.2) is 0 Å². The molecule has 0 saturated carbocycles. The first-order chi connectivity index (χ1) is 16.6. The van der Waals surface area contributed by atoms with E-state index in [0.717, 1.165) is 39.6 Å². The zero-order valence-corrected chi connectivity index (χ0v) is 19.1. The van der Waals surface area contributed by atoms with Gasteiger partial charge >= 0.3 is 6.03 Å². The Morgan fingerprint density at radius 2 is 1.29 bits per heavy atom. The lowest BCUT2D eigenvalue weighted by atomic mass is 9.77. The van der Waals surface area contributed by atoms with Gasteiger partial charge < -0.3 is 9.47 Å². The highest BCUT2D eigenvalue weighted by atomic mass is 16.7. The van der Waals surface area contributed by atoms with Crippen LogP contribution in [0.25, 0.3) is 0 Å². The van der Waals surface area contributed by atoms with Gasteiger partial charge in [-0.05, 0) is 23.8 Å². The first kappa shape index (κ1) is 19.3. The van der Waals surface area contributed by atoms with Crippen LogP contribution in [0.15, 0.2) is 97.1 Å². The lowest BCUT2D eigenvalue weighted by Crippen LogP contribution is -2.62. The van der Waals surface area contributed by atoms with E-state index in [1.807, 2.05) is 36.4 Å². The van der Waals surface area contributed by atoms with Crippen molar-refractivity contribution >= 4 is 23.8 Å². The van der Waals surface area contributed by atoms with E-state index in [1.165, 1.54) is 5.56 Å². The zero-order valence-electron chi connectivity index (χ0n) is 19.1. The summed E-state index contributed by atoms with van der Waals surface area (Å²) in [5.41, 5.74) is 6.12. The lowest BCUT2D eigenvalue weighted by molar-refractivity contribution is -0.855. The van der Waals surface area contributed by atoms with Crippen molar-refractivity contribution < 1.29 is 18.6 Å². The summed E-state index contributed by atoms with van der Waals surface area (Å²) in [6, 6.07) is 32.2. The van der Waals surface area contributed by atoms with E-state index in [0.29, 0.717) is 0 Å². The van der Waals surface area contributed by atoms with Gasteiger partial charge in [0, 0.05) is 35.2 Å². The standard InChI is InChI=1S/C30H24N2O2/c1-29(2)23-12-9-15-25(18-23)32-19-21-10-6-7-17-27(21)33-30(32)31(24-13-4-3-5-14-24)20-22-11-8-16-26(29)28(22)34-30/h3-20H,1-2H3/q+2/t30-/m1/s1. The molecule has 4 bridgehead atoms.